The predicted octanol–water partition coefficient (Wildman–Crippen LogP) is 5.45. The number of pyridine rings is 1. The fourth-order valence-corrected chi connectivity index (χ4v) is 4.80. The predicted molar refractivity (Wildman–Crippen MR) is 111 cm³/mol. The second kappa shape index (κ2) is 6.08. The highest BCUT2D eigenvalue weighted by Crippen LogP contribution is 2.52. The van der Waals surface area contributed by atoms with Crippen LogP contribution in [0.3, 0.4) is 0 Å². The molecule has 0 radical (unpaired) electrons. The first-order valence-electron chi connectivity index (χ1n) is 10.1. The van der Waals surface area contributed by atoms with Crippen LogP contribution >= 0.6 is 0 Å². The van der Waals surface area contributed by atoms with Gasteiger partial charge in [0.2, 0.25) is 5.88 Å². The molecule has 0 fully saturated rings. The molecule has 2 aromatic heterocycles. The topological polar surface area (TPSA) is 63.9 Å². The zero-order valence-corrected chi connectivity index (χ0v) is 15.8. The summed E-state index contributed by atoms with van der Waals surface area (Å²) < 4.78 is 20.0. The number of nitrogens with two attached hydrogens (primary N) is 1. The minimum atomic E-state index is -0.255. The molecule has 1 atom stereocenters. The van der Waals surface area contributed by atoms with Gasteiger partial charge in [-0.2, -0.15) is 0 Å². The highest BCUT2D eigenvalue weighted by Gasteiger charge is 2.36. The summed E-state index contributed by atoms with van der Waals surface area (Å²) >= 11 is 0. The Morgan fingerprint density at radius 3 is 2.69 bits per heavy atom. The van der Waals surface area contributed by atoms with E-state index in [-0.39, 0.29) is 11.7 Å². The Morgan fingerprint density at radius 1 is 1.03 bits per heavy atom. The minimum absolute atomic E-state index is 0.179. The van der Waals surface area contributed by atoms with Gasteiger partial charge in [-0.3, -0.25) is 0 Å². The van der Waals surface area contributed by atoms with Gasteiger partial charge in [0.15, 0.2) is 5.75 Å². The first-order chi connectivity index (χ1) is 14.2. The van der Waals surface area contributed by atoms with Crippen molar-refractivity contribution >= 4 is 16.6 Å². The molecule has 1 aliphatic carbocycles. The lowest BCUT2D eigenvalue weighted by Crippen LogP contribution is -2.19. The molecule has 2 aromatic carbocycles. The molecular formula is C24H20FN3O. The van der Waals surface area contributed by atoms with Crippen LogP contribution in [0.5, 0.6) is 11.6 Å². The number of nitrogen functional groups attached to an aromatic ring is 1. The summed E-state index contributed by atoms with van der Waals surface area (Å²) in [5, 5.41) is 1.01. The number of aryl methyl sites for hydroxylation is 1. The van der Waals surface area contributed by atoms with Crippen LogP contribution in [0.25, 0.3) is 10.9 Å². The van der Waals surface area contributed by atoms with Crippen molar-refractivity contribution < 1.29 is 9.13 Å². The Kier molecular flexibility index (Phi) is 3.48. The molecule has 3 N–H and O–H groups in total. The molecule has 0 spiro atoms. The Hall–Kier alpha value is -3.34. The number of ether oxygens (including phenoxy) is 1. The van der Waals surface area contributed by atoms with Gasteiger partial charge in [-0.05, 0) is 61.1 Å². The molecule has 4 nitrogen and oxygen atoms in total. The molecule has 6 rings (SSSR count). The average molecular weight is 385 g/mol. The summed E-state index contributed by atoms with van der Waals surface area (Å²) in [6.07, 6.45) is 4.12. The Balaban J connectivity index is 1.66. The first kappa shape index (κ1) is 16.6. The number of anilines is 1. The van der Waals surface area contributed by atoms with Gasteiger partial charge in [-0.25, -0.2) is 9.37 Å². The van der Waals surface area contributed by atoms with Crippen LogP contribution in [-0.2, 0) is 12.8 Å². The summed E-state index contributed by atoms with van der Waals surface area (Å²) in [4.78, 5) is 8.43. The highest BCUT2D eigenvalue weighted by molar-refractivity contribution is 5.90. The van der Waals surface area contributed by atoms with Crippen LogP contribution in [0, 0.1) is 5.82 Å². The van der Waals surface area contributed by atoms with Crippen LogP contribution in [-0.4, -0.2) is 9.97 Å². The maximum Gasteiger partial charge on any atom is 0.225 e. The summed E-state index contributed by atoms with van der Waals surface area (Å²) in [6, 6.07) is 14.7. The number of rotatable bonds is 1. The van der Waals surface area contributed by atoms with Gasteiger partial charge in [0.1, 0.15) is 5.82 Å². The van der Waals surface area contributed by atoms with Gasteiger partial charge in [0, 0.05) is 22.3 Å². The molecule has 0 amide bonds. The van der Waals surface area contributed by atoms with Crippen molar-refractivity contribution in [3.05, 3.63) is 82.4 Å². The molecule has 1 aliphatic heterocycles. The number of aromatic nitrogens is 2. The standard InChI is InChI=1S/C24H20FN3O/c25-14-11-9-13(10-12-14)19-20-21(26)15-5-1-3-7-17(15)28-24(20)29-23-16-6-2-4-8-18(16)27-22(19)23/h2,4,6,8-12,19,27H,1,3,5,7H2,(H2,26,28). The number of nitrogens with one attached hydrogen (secondary N) is 1. The normalized spacial score (nSPS) is 17.3. The summed E-state index contributed by atoms with van der Waals surface area (Å²) in [5.41, 5.74) is 13.5. The van der Waals surface area contributed by atoms with Gasteiger partial charge >= 0.3 is 0 Å². The van der Waals surface area contributed by atoms with Gasteiger partial charge in [-0.1, -0.05) is 24.3 Å². The summed E-state index contributed by atoms with van der Waals surface area (Å²) in [5.74, 6) is 0.927. The number of fused-ring (bicyclic) bond motifs is 5. The summed E-state index contributed by atoms with van der Waals surface area (Å²) in [6.45, 7) is 0. The third-order valence-electron chi connectivity index (χ3n) is 6.19. The first-order valence-corrected chi connectivity index (χ1v) is 10.1. The maximum atomic E-state index is 13.6. The van der Waals surface area contributed by atoms with Crippen LogP contribution < -0.4 is 10.5 Å². The van der Waals surface area contributed by atoms with Gasteiger partial charge in [0.25, 0.3) is 0 Å². The number of para-hydroxylation sites is 1. The third-order valence-corrected chi connectivity index (χ3v) is 6.19. The quantitative estimate of drug-likeness (QED) is 0.403. The lowest BCUT2D eigenvalue weighted by Gasteiger charge is -2.30. The lowest BCUT2D eigenvalue weighted by molar-refractivity contribution is 0.433. The zero-order valence-electron chi connectivity index (χ0n) is 15.8. The maximum absolute atomic E-state index is 13.6. The lowest BCUT2D eigenvalue weighted by atomic mass is 9.83. The van der Waals surface area contributed by atoms with Crippen LogP contribution in [0.4, 0.5) is 10.1 Å². The molecule has 4 aromatic rings. The molecule has 29 heavy (non-hydrogen) atoms. The van der Waals surface area contributed by atoms with Crippen molar-refractivity contribution in [1.82, 2.24) is 9.97 Å². The summed E-state index contributed by atoms with van der Waals surface area (Å²) in [7, 11) is 0. The monoisotopic (exact) mass is 385 g/mol. The SMILES string of the molecule is Nc1c2c(nc3c1C(c1ccc(F)cc1)c1[nH]c4ccccc4c1O3)CCCC2. The number of hydrogen-bond acceptors (Lipinski definition) is 3. The smallest absolute Gasteiger partial charge is 0.225 e. The second-order valence-corrected chi connectivity index (χ2v) is 7.88. The van der Waals surface area contributed by atoms with Gasteiger partial charge < -0.3 is 15.5 Å². The molecule has 0 saturated carbocycles. The number of H-pyrrole nitrogens is 1. The van der Waals surface area contributed by atoms with Gasteiger partial charge in [0.05, 0.1) is 17.2 Å². The molecule has 144 valence electrons. The molecule has 3 heterocycles. The van der Waals surface area contributed by atoms with E-state index in [0.717, 1.165) is 76.1 Å². The highest BCUT2D eigenvalue weighted by atomic mass is 19.1. The van der Waals surface area contributed by atoms with E-state index in [1.807, 2.05) is 36.4 Å². The fraction of sp³-hybridized carbons (Fsp3) is 0.208. The van der Waals surface area contributed by atoms with E-state index in [1.165, 1.54) is 12.1 Å². The molecule has 0 bridgehead atoms. The second-order valence-electron chi connectivity index (χ2n) is 7.88. The van der Waals surface area contributed by atoms with Crippen molar-refractivity contribution in [3.63, 3.8) is 0 Å². The average Bonchev–Trinajstić information content (AvgIpc) is 3.11. The Morgan fingerprint density at radius 2 is 1.83 bits per heavy atom. The third kappa shape index (κ3) is 2.40. The van der Waals surface area contributed by atoms with E-state index in [0.29, 0.717) is 5.88 Å². The van der Waals surface area contributed by atoms with Gasteiger partial charge in [-0.15, -0.1) is 0 Å². The molecule has 2 aliphatic rings. The number of benzene rings is 2. The Labute approximate surface area is 167 Å². The van der Waals surface area contributed by atoms with Crippen LogP contribution in [0.15, 0.2) is 48.5 Å². The zero-order chi connectivity index (χ0) is 19.5. The number of nitrogens with zero attached hydrogens (tertiary/aromatic N) is 1. The van der Waals surface area contributed by atoms with E-state index < -0.39 is 0 Å². The number of aromatic amines is 1. The van der Waals surface area contributed by atoms with E-state index in [9.17, 15) is 4.39 Å². The van der Waals surface area contributed by atoms with E-state index in [2.05, 4.69) is 4.98 Å². The number of halogens is 1. The molecule has 0 saturated heterocycles. The fourth-order valence-electron chi connectivity index (χ4n) is 4.80. The van der Waals surface area contributed by atoms with Crippen LogP contribution in [0.2, 0.25) is 0 Å². The minimum Gasteiger partial charge on any atom is -0.436 e. The van der Waals surface area contributed by atoms with E-state index >= 15 is 0 Å². The molecular weight excluding hydrogens is 365 g/mol. The van der Waals surface area contributed by atoms with Crippen molar-refractivity contribution in [1.29, 1.82) is 0 Å². The number of hydrogen-bond donors (Lipinski definition) is 2. The molecule has 5 heteroatoms. The van der Waals surface area contributed by atoms with Crippen molar-refractivity contribution in [2.24, 2.45) is 0 Å². The van der Waals surface area contributed by atoms with E-state index in [1.54, 1.807) is 0 Å². The Bertz CT molecular complexity index is 1260. The van der Waals surface area contributed by atoms with Crippen molar-refractivity contribution in [2.45, 2.75) is 31.6 Å². The van der Waals surface area contributed by atoms with E-state index in [4.69, 9.17) is 15.5 Å². The van der Waals surface area contributed by atoms with Crippen LogP contribution in [0.1, 0.15) is 46.8 Å². The van der Waals surface area contributed by atoms with Crippen molar-refractivity contribution in [2.75, 3.05) is 5.73 Å². The van der Waals surface area contributed by atoms with Crippen molar-refractivity contribution in [3.8, 4) is 11.6 Å². The largest absolute Gasteiger partial charge is 0.436 e. The molecule has 1 unspecified atom stereocenters.